The number of hydrogen-bond donors (Lipinski definition) is 0. The van der Waals surface area contributed by atoms with Crippen molar-refractivity contribution in [2.45, 2.75) is 26.9 Å². The Morgan fingerprint density at radius 3 is 2.40 bits per heavy atom. The average molecular weight is 471 g/mol. The Hall–Kier alpha value is -4.40. The van der Waals surface area contributed by atoms with Gasteiger partial charge in [0.05, 0.1) is 17.7 Å². The number of ether oxygens (including phenoxy) is 1. The molecule has 178 valence electrons. The van der Waals surface area contributed by atoms with E-state index in [-0.39, 0.29) is 17.2 Å². The minimum absolute atomic E-state index is 0.222. The number of hydrogen-bond acceptors (Lipinski definition) is 5. The minimum atomic E-state index is -0.379. The Labute approximate surface area is 201 Å². The molecule has 0 aliphatic heterocycles. The van der Waals surface area contributed by atoms with Gasteiger partial charge in [0.25, 0.3) is 5.56 Å². The van der Waals surface area contributed by atoms with Gasteiger partial charge in [-0.05, 0) is 35.7 Å². The molecular weight excluding hydrogens is 444 g/mol. The van der Waals surface area contributed by atoms with Crippen LogP contribution < -0.4 is 16.0 Å². The standard InChI is InChI=1S/C26H26N6O3/c1-18(2)13-31-22-15-30(14-19-9-11-20(12-10-19)32-17-27-16-28-32)25(35-21-7-5-4-6-8-21)23(22)24(33)29(3)26(31)34/h4-12,15-18H,13-14H2,1-3H3. The minimum Gasteiger partial charge on any atom is -0.440 e. The molecule has 35 heavy (non-hydrogen) atoms. The fraction of sp³-hybridized carbons (Fsp3) is 0.231. The molecule has 5 aromatic rings. The van der Waals surface area contributed by atoms with Crippen LogP contribution in [0.15, 0.2) is 83.0 Å². The van der Waals surface area contributed by atoms with Crippen molar-refractivity contribution in [3.8, 4) is 17.3 Å². The van der Waals surface area contributed by atoms with Gasteiger partial charge in [-0.2, -0.15) is 5.10 Å². The Morgan fingerprint density at radius 2 is 1.74 bits per heavy atom. The van der Waals surface area contributed by atoms with Crippen LogP contribution in [0.25, 0.3) is 16.6 Å². The van der Waals surface area contributed by atoms with Crippen molar-refractivity contribution in [2.75, 3.05) is 0 Å². The van der Waals surface area contributed by atoms with Gasteiger partial charge in [0.15, 0.2) is 0 Å². The molecule has 0 aliphatic rings. The molecule has 0 saturated heterocycles. The topological polar surface area (TPSA) is 88.9 Å². The van der Waals surface area contributed by atoms with Crippen LogP contribution in [-0.4, -0.2) is 28.5 Å². The van der Waals surface area contributed by atoms with Crippen LogP contribution in [0.5, 0.6) is 11.6 Å². The van der Waals surface area contributed by atoms with Gasteiger partial charge >= 0.3 is 5.69 Å². The molecule has 0 N–H and O–H groups in total. The van der Waals surface area contributed by atoms with E-state index in [0.717, 1.165) is 15.8 Å². The maximum atomic E-state index is 13.3. The molecule has 0 unspecified atom stereocenters. The van der Waals surface area contributed by atoms with Gasteiger partial charge in [0.1, 0.15) is 23.8 Å². The van der Waals surface area contributed by atoms with Crippen molar-refractivity contribution in [3.63, 3.8) is 0 Å². The molecule has 9 nitrogen and oxygen atoms in total. The number of rotatable bonds is 7. The molecule has 0 bridgehead atoms. The van der Waals surface area contributed by atoms with E-state index >= 15 is 0 Å². The quantitative estimate of drug-likeness (QED) is 0.363. The van der Waals surface area contributed by atoms with Crippen molar-refractivity contribution in [1.82, 2.24) is 28.5 Å². The van der Waals surface area contributed by atoms with E-state index in [0.29, 0.717) is 35.6 Å². The fourth-order valence-electron chi connectivity index (χ4n) is 4.13. The monoisotopic (exact) mass is 470 g/mol. The zero-order chi connectivity index (χ0) is 24.5. The smallest absolute Gasteiger partial charge is 0.331 e. The molecule has 0 spiro atoms. The zero-order valence-electron chi connectivity index (χ0n) is 19.8. The first kappa shape index (κ1) is 22.4. The predicted octanol–water partition coefficient (Wildman–Crippen LogP) is 3.58. The molecule has 9 heteroatoms. The van der Waals surface area contributed by atoms with Gasteiger partial charge in [-0.1, -0.05) is 44.2 Å². The second-order valence-electron chi connectivity index (χ2n) is 8.90. The molecule has 5 rings (SSSR count). The van der Waals surface area contributed by atoms with E-state index in [2.05, 4.69) is 10.1 Å². The highest BCUT2D eigenvalue weighted by Gasteiger charge is 2.22. The highest BCUT2D eigenvalue weighted by molar-refractivity contribution is 5.85. The van der Waals surface area contributed by atoms with E-state index in [1.807, 2.05) is 79.2 Å². The maximum Gasteiger partial charge on any atom is 0.331 e. The predicted molar refractivity (Wildman–Crippen MR) is 133 cm³/mol. The Kier molecular flexibility index (Phi) is 5.82. The molecule has 0 fully saturated rings. The van der Waals surface area contributed by atoms with E-state index in [9.17, 15) is 9.59 Å². The summed E-state index contributed by atoms with van der Waals surface area (Å²) in [4.78, 5) is 30.3. The Balaban J connectivity index is 1.65. The van der Waals surface area contributed by atoms with E-state index in [4.69, 9.17) is 4.74 Å². The fourth-order valence-corrected chi connectivity index (χ4v) is 4.13. The normalized spacial score (nSPS) is 11.4. The summed E-state index contributed by atoms with van der Waals surface area (Å²) in [5.74, 6) is 1.24. The molecule has 0 saturated carbocycles. The van der Waals surface area contributed by atoms with Crippen molar-refractivity contribution < 1.29 is 4.74 Å². The SMILES string of the molecule is CC(C)Cn1c(=O)n(C)c(=O)c2c(Oc3ccccc3)n(Cc3ccc(-n4cncn4)cc3)cc21. The third-order valence-electron chi connectivity index (χ3n) is 5.81. The van der Waals surface area contributed by atoms with Crippen LogP contribution in [0.2, 0.25) is 0 Å². The number of aromatic nitrogens is 6. The number of fused-ring (bicyclic) bond motifs is 1. The molecule has 0 amide bonds. The van der Waals surface area contributed by atoms with Crippen LogP contribution in [0.3, 0.4) is 0 Å². The van der Waals surface area contributed by atoms with Crippen molar-refractivity contribution in [3.05, 3.63) is 99.9 Å². The highest BCUT2D eigenvalue weighted by Crippen LogP contribution is 2.30. The van der Waals surface area contributed by atoms with Gasteiger partial charge in [-0.3, -0.25) is 13.9 Å². The lowest BCUT2D eigenvalue weighted by Crippen LogP contribution is -2.38. The van der Waals surface area contributed by atoms with Gasteiger partial charge in [0.2, 0.25) is 5.88 Å². The van der Waals surface area contributed by atoms with Crippen LogP contribution in [0.1, 0.15) is 19.4 Å². The molecule has 0 radical (unpaired) electrons. The Bertz CT molecular complexity index is 1580. The van der Waals surface area contributed by atoms with E-state index in [1.165, 1.54) is 13.4 Å². The largest absolute Gasteiger partial charge is 0.440 e. The molecular formula is C26H26N6O3. The Morgan fingerprint density at radius 1 is 1.00 bits per heavy atom. The third kappa shape index (κ3) is 4.28. The van der Waals surface area contributed by atoms with Gasteiger partial charge in [-0.15, -0.1) is 0 Å². The second-order valence-corrected chi connectivity index (χ2v) is 8.90. The van der Waals surface area contributed by atoms with Crippen LogP contribution in [0.4, 0.5) is 0 Å². The lowest BCUT2D eigenvalue weighted by Gasteiger charge is -2.12. The number of para-hydroxylation sites is 1. The first-order chi connectivity index (χ1) is 16.9. The summed E-state index contributed by atoms with van der Waals surface area (Å²) in [7, 11) is 1.51. The molecule has 0 aliphatic carbocycles. The summed E-state index contributed by atoms with van der Waals surface area (Å²) in [5.41, 5.74) is 1.75. The van der Waals surface area contributed by atoms with Crippen molar-refractivity contribution >= 4 is 10.9 Å². The average Bonchev–Trinajstić information content (AvgIpc) is 3.51. The third-order valence-corrected chi connectivity index (χ3v) is 5.81. The summed E-state index contributed by atoms with van der Waals surface area (Å²) in [6, 6.07) is 17.2. The van der Waals surface area contributed by atoms with Crippen LogP contribution >= 0.6 is 0 Å². The molecule has 2 aromatic carbocycles. The second kappa shape index (κ2) is 9.09. The van der Waals surface area contributed by atoms with Crippen LogP contribution in [-0.2, 0) is 20.1 Å². The van der Waals surface area contributed by atoms with E-state index < -0.39 is 0 Å². The summed E-state index contributed by atoms with van der Waals surface area (Å²) in [6.07, 6.45) is 4.97. The first-order valence-electron chi connectivity index (χ1n) is 11.4. The van der Waals surface area contributed by atoms with Crippen molar-refractivity contribution in [1.29, 1.82) is 0 Å². The van der Waals surface area contributed by atoms with Crippen LogP contribution in [0, 0.1) is 5.92 Å². The summed E-state index contributed by atoms with van der Waals surface area (Å²) >= 11 is 0. The lowest BCUT2D eigenvalue weighted by atomic mass is 10.2. The summed E-state index contributed by atoms with van der Waals surface area (Å²) < 4.78 is 12.6. The zero-order valence-corrected chi connectivity index (χ0v) is 19.8. The van der Waals surface area contributed by atoms with Crippen molar-refractivity contribution in [2.24, 2.45) is 13.0 Å². The summed E-state index contributed by atoms with van der Waals surface area (Å²) in [6.45, 7) is 5.02. The maximum absolute atomic E-state index is 13.3. The molecule has 3 heterocycles. The lowest BCUT2D eigenvalue weighted by molar-refractivity contribution is 0.440. The van der Waals surface area contributed by atoms with Gasteiger partial charge < -0.3 is 9.30 Å². The van der Waals surface area contributed by atoms with E-state index in [1.54, 1.807) is 15.6 Å². The number of benzene rings is 2. The van der Waals surface area contributed by atoms with Gasteiger partial charge in [-0.25, -0.2) is 14.5 Å². The molecule has 3 aromatic heterocycles. The number of nitrogens with zero attached hydrogens (tertiary/aromatic N) is 6. The highest BCUT2D eigenvalue weighted by atomic mass is 16.5. The summed E-state index contributed by atoms with van der Waals surface area (Å²) in [5, 5.41) is 4.55. The first-order valence-corrected chi connectivity index (χ1v) is 11.4. The molecule has 0 atom stereocenters. The van der Waals surface area contributed by atoms with Gasteiger partial charge in [0, 0.05) is 19.8 Å².